The van der Waals surface area contributed by atoms with Crippen LogP contribution in [0.25, 0.3) is 0 Å². The molecular formula is C18H23N5O3. The molecule has 0 spiro atoms. The lowest BCUT2D eigenvalue weighted by atomic mass is 10.2. The van der Waals surface area contributed by atoms with Gasteiger partial charge in [0.25, 0.3) is 5.91 Å². The smallest absolute Gasteiger partial charge is 0.337 e. The Morgan fingerprint density at radius 1 is 1.31 bits per heavy atom. The van der Waals surface area contributed by atoms with E-state index in [-0.39, 0.29) is 5.57 Å². The Morgan fingerprint density at radius 2 is 2.00 bits per heavy atom. The first-order valence-electron chi connectivity index (χ1n) is 8.40. The summed E-state index contributed by atoms with van der Waals surface area (Å²) in [4.78, 5) is 25.7. The predicted octanol–water partition coefficient (Wildman–Crippen LogP) is 0.314. The molecule has 26 heavy (non-hydrogen) atoms. The van der Waals surface area contributed by atoms with E-state index in [1.54, 1.807) is 24.3 Å². The highest BCUT2D eigenvalue weighted by Gasteiger charge is 2.12. The Hall–Kier alpha value is -2.89. The largest absolute Gasteiger partial charge is 0.465 e. The predicted molar refractivity (Wildman–Crippen MR) is 97.4 cm³/mol. The number of anilines is 1. The zero-order chi connectivity index (χ0) is 18.8. The molecule has 3 N–H and O–H groups in total. The number of carbonyl (C=O) groups excluding carboxylic acids is 2. The summed E-state index contributed by atoms with van der Waals surface area (Å²) in [6.45, 7) is 5.08. The van der Waals surface area contributed by atoms with E-state index in [0.29, 0.717) is 17.8 Å². The van der Waals surface area contributed by atoms with Gasteiger partial charge in [-0.1, -0.05) is 0 Å². The van der Waals surface area contributed by atoms with Crippen LogP contribution in [0.3, 0.4) is 0 Å². The Balaban J connectivity index is 1.83. The van der Waals surface area contributed by atoms with Crippen molar-refractivity contribution in [3.63, 3.8) is 0 Å². The Kier molecular flexibility index (Phi) is 7.61. The molecule has 2 rings (SSSR count). The molecule has 1 aromatic rings. The summed E-state index contributed by atoms with van der Waals surface area (Å²) in [5.74, 6) is -0.838. The first kappa shape index (κ1) is 19.4. The first-order valence-corrected chi connectivity index (χ1v) is 8.40. The van der Waals surface area contributed by atoms with Crippen molar-refractivity contribution in [2.24, 2.45) is 0 Å². The summed E-state index contributed by atoms with van der Waals surface area (Å²) in [6, 6.07) is 8.42. The fourth-order valence-corrected chi connectivity index (χ4v) is 2.48. The number of nitrogens with one attached hydrogen (secondary N) is 3. The molecule has 0 bridgehead atoms. The van der Waals surface area contributed by atoms with Crippen LogP contribution in [0.15, 0.2) is 36.0 Å². The third-order valence-electron chi connectivity index (χ3n) is 3.98. The van der Waals surface area contributed by atoms with Gasteiger partial charge >= 0.3 is 5.97 Å². The number of ether oxygens (including phenoxy) is 1. The zero-order valence-electron chi connectivity index (χ0n) is 14.7. The normalized spacial score (nSPS) is 15.0. The first-order chi connectivity index (χ1) is 12.6. The van der Waals surface area contributed by atoms with Crippen LogP contribution < -0.4 is 16.0 Å². The number of esters is 1. The molecule has 1 aliphatic heterocycles. The summed E-state index contributed by atoms with van der Waals surface area (Å²) in [6.07, 6.45) is 1.35. The van der Waals surface area contributed by atoms with Gasteiger partial charge in [-0.3, -0.25) is 9.69 Å². The molecule has 138 valence electrons. The van der Waals surface area contributed by atoms with Crippen molar-refractivity contribution in [2.75, 3.05) is 51.7 Å². The van der Waals surface area contributed by atoms with Crippen molar-refractivity contribution in [3.8, 4) is 6.07 Å². The molecule has 0 saturated carbocycles. The lowest BCUT2D eigenvalue weighted by Crippen LogP contribution is -2.46. The van der Waals surface area contributed by atoms with Gasteiger partial charge in [0, 0.05) is 51.2 Å². The molecule has 0 aliphatic carbocycles. The van der Waals surface area contributed by atoms with E-state index in [4.69, 9.17) is 0 Å². The third kappa shape index (κ3) is 5.88. The van der Waals surface area contributed by atoms with E-state index < -0.39 is 11.9 Å². The third-order valence-corrected chi connectivity index (χ3v) is 3.98. The molecule has 8 heteroatoms. The molecule has 0 aromatic heterocycles. The second-order valence-corrected chi connectivity index (χ2v) is 5.73. The van der Waals surface area contributed by atoms with Gasteiger partial charge in [-0.05, 0) is 24.3 Å². The average Bonchev–Trinajstić information content (AvgIpc) is 2.69. The molecule has 0 unspecified atom stereocenters. The Bertz CT molecular complexity index is 688. The van der Waals surface area contributed by atoms with Crippen molar-refractivity contribution in [2.45, 2.75) is 0 Å². The SMILES string of the molecule is COC(=O)c1ccc(N/C=C(/C#N)C(=O)NCCN2CCNCC2)cc1. The number of rotatable bonds is 7. The molecule has 1 aliphatic rings. The van der Waals surface area contributed by atoms with E-state index in [2.05, 4.69) is 25.6 Å². The minimum atomic E-state index is -0.423. The maximum atomic E-state index is 12.1. The number of hydrogen-bond acceptors (Lipinski definition) is 7. The monoisotopic (exact) mass is 357 g/mol. The number of benzene rings is 1. The van der Waals surface area contributed by atoms with Gasteiger partial charge in [0.2, 0.25) is 0 Å². The second kappa shape index (κ2) is 10.2. The number of amides is 1. The van der Waals surface area contributed by atoms with Gasteiger partial charge in [0.1, 0.15) is 11.6 Å². The van der Waals surface area contributed by atoms with Crippen LogP contribution in [0, 0.1) is 11.3 Å². The molecule has 1 heterocycles. The lowest BCUT2D eigenvalue weighted by molar-refractivity contribution is -0.117. The molecule has 1 saturated heterocycles. The van der Waals surface area contributed by atoms with Gasteiger partial charge in [-0.25, -0.2) is 4.79 Å². The van der Waals surface area contributed by atoms with Crippen molar-refractivity contribution in [1.82, 2.24) is 15.5 Å². The number of piperazine rings is 1. The number of nitriles is 1. The fraction of sp³-hybridized carbons (Fsp3) is 0.389. The summed E-state index contributed by atoms with van der Waals surface area (Å²) in [5.41, 5.74) is 1.06. The van der Waals surface area contributed by atoms with Crippen LogP contribution in [-0.4, -0.2) is 63.2 Å². The number of hydrogen-bond donors (Lipinski definition) is 3. The van der Waals surface area contributed by atoms with Crippen molar-refractivity contribution in [1.29, 1.82) is 5.26 Å². The van der Waals surface area contributed by atoms with Crippen LogP contribution in [0.2, 0.25) is 0 Å². The molecule has 0 atom stereocenters. The highest BCUT2D eigenvalue weighted by Crippen LogP contribution is 2.11. The van der Waals surface area contributed by atoms with Gasteiger partial charge in [-0.2, -0.15) is 5.26 Å². The Labute approximate surface area is 152 Å². The van der Waals surface area contributed by atoms with Crippen molar-refractivity contribution in [3.05, 3.63) is 41.6 Å². The van der Waals surface area contributed by atoms with Crippen LogP contribution in [0.4, 0.5) is 5.69 Å². The lowest BCUT2D eigenvalue weighted by Gasteiger charge is -2.27. The van der Waals surface area contributed by atoms with Crippen LogP contribution in [0.1, 0.15) is 10.4 Å². The van der Waals surface area contributed by atoms with Crippen molar-refractivity contribution < 1.29 is 14.3 Å². The van der Waals surface area contributed by atoms with E-state index in [0.717, 1.165) is 32.7 Å². The summed E-state index contributed by atoms with van der Waals surface area (Å²) < 4.78 is 4.63. The summed E-state index contributed by atoms with van der Waals surface area (Å²) >= 11 is 0. The van der Waals surface area contributed by atoms with Gasteiger partial charge < -0.3 is 20.7 Å². The zero-order valence-corrected chi connectivity index (χ0v) is 14.7. The summed E-state index contributed by atoms with van der Waals surface area (Å²) in [7, 11) is 1.32. The van der Waals surface area contributed by atoms with Crippen LogP contribution in [-0.2, 0) is 9.53 Å². The minimum Gasteiger partial charge on any atom is -0.465 e. The summed E-state index contributed by atoms with van der Waals surface area (Å²) in [5, 5.41) is 18.1. The standard InChI is InChI=1S/C18H23N5O3/c1-26-18(25)14-2-4-16(5-3-14)22-13-15(12-19)17(24)21-8-11-23-9-6-20-7-10-23/h2-5,13,20,22H,6-11H2,1H3,(H,21,24)/b15-13-. The highest BCUT2D eigenvalue weighted by molar-refractivity contribution is 5.97. The topological polar surface area (TPSA) is 106 Å². The fourth-order valence-electron chi connectivity index (χ4n) is 2.48. The van der Waals surface area contributed by atoms with E-state index >= 15 is 0 Å². The Morgan fingerprint density at radius 3 is 2.62 bits per heavy atom. The van der Waals surface area contributed by atoms with E-state index in [1.165, 1.54) is 13.3 Å². The van der Waals surface area contributed by atoms with Gasteiger partial charge in [0.15, 0.2) is 0 Å². The average molecular weight is 357 g/mol. The number of nitrogens with zero attached hydrogens (tertiary/aromatic N) is 2. The maximum Gasteiger partial charge on any atom is 0.337 e. The van der Waals surface area contributed by atoms with E-state index in [1.807, 2.05) is 6.07 Å². The van der Waals surface area contributed by atoms with Crippen LogP contribution in [0.5, 0.6) is 0 Å². The molecule has 8 nitrogen and oxygen atoms in total. The van der Waals surface area contributed by atoms with Crippen LogP contribution >= 0.6 is 0 Å². The molecule has 1 amide bonds. The molecular weight excluding hydrogens is 334 g/mol. The minimum absolute atomic E-state index is 0.0117. The quantitative estimate of drug-likeness (QED) is 0.366. The van der Waals surface area contributed by atoms with Crippen molar-refractivity contribution >= 4 is 17.6 Å². The second-order valence-electron chi connectivity index (χ2n) is 5.73. The molecule has 1 aromatic carbocycles. The van der Waals surface area contributed by atoms with E-state index in [9.17, 15) is 14.9 Å². The number of methoxy groups -OCH3 is 1. The van der Waals surface area contributed by atoms with Gasteiger partial charge in [0.05, 0.1) is 12.7 Å². The maximum absolute atomic E-state index is 12.1. The molecule has 0 radical (unpaired) electrons. The van der Waals surface area contributed by atoms with Gasteiger partial charge in [-0.15, -0.1) is 0 Å². The molecule has 1 fully saturated rings. The highest BCUT2D eigenvalue weighted by atomic mass is 16.5. The number of carbonyl (C=O) groups is 2.